The molecule has 0 aliphatic carbocycles. The van der Waals surface area contributed by atoms with Gasteiger partial charge < -0.3 is 5.32 Å². The minimum absolute atomic E-state index is 0.0494. The summed E-state index contributed by atoms with van der Waals surface area (Å²) in [6.45, 7) is 2.08. The molecule has 2 aromatic rings. The molecule has 106 valence electrons. The van der Waals surface area contributed by atoms with Crippen LogP contribution in [-0.4, -0.2) is 23.6 Å². The van der Waals surface area contributed by atoms with Crippen molar-refractivity contribution in [3.63, 3.8) is 0 Å². The van der Waals surface area contributed by atoms with Crippen molar-refractivity contribution in [2.24, 2.45) is 5.14 Å². The Kier molecular flexibility index (Phi) is 3.81. The van der Waals surface area contributed by atoms with Crippen LogP contribution in [0.1, 0.15) is 11.3 Å². The van der Waals surface area contributed by atoms with Crippen LogP contribution in [0, 0.1) is 6.92 Å². The maximum absolute atomic E-state index is 11.1. The van der Waals surface area contributed by atoms with E-state index in [2.05, 4.69) is 20.5 Å². The number of benzene rings is 1. The zero-order chi connectivity index (χ0) is 14.8. The summed E-state index contributed by atoms with van der Waals surface area (Å²) in [4.78, 5) is 14.9. The highest BCUT2D eigenvalue weighted by molar-refractivity contribution is 7.89. The third kappa shape index (κ3) is 3.39. The van der Waals surface area contributed by atoms with Crippen LogP contribution in [0.4, 0.5) is 5.82 Å². The second-order valence-corrected chi connectivity index (χ2v) is 5.68. The zero-order valence-electron chi connectivity index (χ0n) is 10.6. The lowest BCUT2D eigenvalue weighted by atomic mass is 10.2. The largest absolute Gasteiger partial charge is 0.364 e. The number of hydrogen-bond acceptors (Lipinski definition) is 6. The van der Waals surface area contributed by atoms with Crippen molar-refractivity contribution < 1.29 is 8.42 Å². The number of nitrogens with one attached hydrogen (secondary N) is 2. The van der Waals surface area contributed by atoms with Gasteiger partial charge in [-0.15, -0.1) is 0 Å². The second-order valence-electron chi connectivity index (χ2n) is 4.12. The van der Waals surface area contributed by atoms with Crippen LogP contribution in [0.5, 0.6) is 0 Å². The fraction of sp³-hybridized carbons (Fsp3) is 0.182. The number of aromatic amines is 1. The molecule has 0 bridgehead atoms. The molecule has 0 spiro atoms. The Balaban J connectivity index is 2.12. The lowest BCUT2D eigenvalue weighted by Gasteiger charge is -2.07. The van der Waals surface area contributed by atoms with Gasteiger partial charge in [-0.1, -0.05) is 12.1 Å². The Morgan fingerprint density at radius 2 is 1.95 bits per heavy atom. The second kappa shape index (κ2) is 5.39. The number of rotatable bonds is 4. The molecule has 0 unspecified atom stereocenters. The molecule has 1 heterocycles. The Morgan fingerprint density at radius 1 is 1.30 bits per heavy atom. The van der Waals surface area contributed by atoms with Gasteiger partial charge >= 0.3 is 5.69 Å². The van der Waals surface area contributed by atoms with Crippen molar-refractivity contribution in [1.82, 2.24) is 15.2 Å². The Labute approximate surface area is 115 Å². The number of aryl methyl sites for hydroxylation is 1. The molecule has 0 aliphatic rings. The van der Waals surface area contributed by atoms with Gasteiger partial charge in [-0.2, -0.15) is 10.1 Å². The summed E-state index contributed by atoms with van der Waals surface area (Å²) in [5.74, 6) is 0.379. The molecule has 2 rings (SSSR count). The van der Waals surface area contributed by atoms with Gasteiger partial charge in [-0.05, 0) is 24.6 Å². The number of primary sulfonamides is 1. The number of nitrogens with zero attached hydrogens (tertiary/aromatic N) is 2. The number of anilines is 1. The summed E-state index contributed by atoms with van der Waals surface area (Å²) in [5, 5.41) is 14.0. The number of nitrogens with two attached hydrogens (primary N) is 1. The first kappa shape index (κ1) is 14.2. The predicted octanol–water partition coefficient (Wildman–Crippen LogP) is -0.267. The fourth-order valence-electron chi connectivity index (χ4n) is 1.54. The van der Waals surface area contributed by atoms with Crippen LogP contribution < -0.4 is 16.1 Å². The van der Waals surface area contributed by atoms with Gasteiger partial charge in [0.05, 0.1) is 4.90 Å². The quantitative estimate of drug-likeness (QED) is 0.711. The van der Waals surface area contributed by atoms with E-state index in [0.717, 1.165) is 5.56 Å². The van der Waals surface area contributed by atoms with Crippen molar-refractivity contribution in [2.45, 2.75) is 18.4 Å². The highest BCUT2D eigenvalue weighted by Crippen LogP contribution is 2.11. The van der Waals surface area contributed by atoms with E-state index in [-0.39, 0.29) is 4.90 Å². The van der Waals surface area contributed by atoms with E-state index in [4.69, 9.17) is 5.14 Å². The van der Waals surface area contributed by atoms with Gasteiger partial charge in [0.2, 0.25) is 10.0 Å². The van der Waals surface area contributed by atoms with E-state index in [1.165, 1.54) is 12.1 Å². The van der Waals surface area contributed by atoms with Gasteiger partial charge in [0.25, 0.3) is 0 Å². The standard InChI is InChI=1S/C11H13N5O3S/c1-7-10(14-11(17)16-15-7)13-6-8-2-4-9(5-3-8)20(12,18)19/h2-5H,6H2,1H3,(H2,12,18,19)(H2,13,14,16,17). The highest BCUT2D eigenvalue weighted by Gasteiger charge is 2.07. The van der Waals surface area contributed by atoms with Crippen molar-refractivity contribution in [2.75, 3.05) is 5.32 Å². The van der Waals surface area contributed by atoms with Crippen molar-refractivity contribution in [3.8, 4) is 0 Å². The van der Waals surface area contributed by atoms with Crippen LogP contribution in [0.25, 0.3) is 0 Å². The molecular formula is C11H13N5O3S. The van der Waals surface area contributed by atoms with Crippen LogP contribution in [0.15, 0.2) is 34.0 Å². The lowest BCUT2D eigenvalue weighted by Crippen LogP contribution is -2.17. The first-order chi connectivity index (χ1) is 9.36. The summed E-state index contributed by atoms with van der Waals surface area (Å²) < 4.78 is 22.2. The zero-order valence-corrected chi connectivity index (χ0v) is 11.4. The molecule has 0 amide bonds. The fourth-order valence-corrected chi connectivity index (χ4v) is 2.06. The molecule has 0 radical (unpaired) electrons. The molecule has 0 saturated carbocycles. The maximum Gasteiger partial charge on any atom is 0.363 e. The van der Waals surface area contributed by atoms with Crippen LogP contribution in [0.3, 0.4) is 0 Å². The first-order valence-electron chi connectivity index (χ1n) is 5.65. The molecule has 0 atom stereocenters. The van der Waals surface area contributed by atoms with Crippen LogP contribution in [-0.2, 0) is 16.6 Å². The van der Waals surface area contributed by atoms with Gasteiger partial charge in [-0.25, -0.2) is 23.4 Å². The average Bonchev–Trinajstić information content (AvgIpc) is 2.39. The molecule has 9 heteroatoms. The van der Waals surface area contributed by atoms with Crippen LogP contribution in [0.2, 0.25) is 0 Å². The Bertz CT molecular complexity index is 767. The molecule has 8 nitrogen and oxygen atoms in total. The Hall–Kier alpha value is -2.26. The normalized spacial score (nSPS) is 11.3. The molecular weight excluding hydrogens is 282 g/mol. The van der Waals surface area contributed by atoms with E-state index >= 15 is 0 Å². The summed E-state index contributed by atoms with van der Waals surface area (Å²) in [5.41, 5.74) is 0.840. The van der Waals surface area contributed by atoms with Crippen molar-refractivity contribution in [1.29, 1.82) is 0 Å². The van der Waals surface area contributed by atoms with Crippen molar-refractivity contribution >= 4 is 15.8 Å². The number of H-pyrrole nitrogens is 1. The maximum atomic E-state index is 11.1. The van der Waals surface area contributed by atoms with Gasteiger partial charge in [0, 0.05) is 6.54 Å². The molecule has 4 N–H and O–H groups in total. The predicted molar refractivity (Wildman–Crippen MR) is 72.5 cm³/mol. The molecule has 1 aromatic heterocycles. The van der Waals surface area contributed by atoms with Gasteiger partial charge in [0.15, 0.2) is 5.82 Å². The summed E-state index contributed by atoms with van der Waals surface area (Å²) in [6.07, 6.45) is 0. The smallest absolute Gasteiger partial charge is 0.363 e. The van der Waals surface area contributed by atoms with E-state index in [0.29, 0.717) is 18.1 Å². The summed E-state index contributed by atoms with van der Waals surface area (Å²) >= 11 is 0. The first-order valence-corrected chi connectivity index (χ1v) is 7.20. The number of sulfonamides is 1. The monoisotopic (exact) mass is 295 g/mol. The molecule has 0 saturated heterocycles. The highest BCUT2D eigenvalue weighted by atomic mass is 32.2. The molecule has 20 heavy (non-hydrogen) atoms. The van der Waals surface area contributed by atoms with Crippen LogP contribution >= 0.6 is 0 Å². The summed E-state index contributed by atoms with van der Waals surface area (Å²) in [7, 11) is -3.69. The van der Waals surface area contributed by atoms with E-state index in [9.17, 15) is 13.2 Å². The third-order valence-corrected chi connectivity index (χ3v) is 3.52. The molecule has 0 fully saturated rings. The molecule has 1 aromatic carbocycles. The average molecular weight is 295 g/mol. The van der Waals surface area contributed by atoms with Gasteiger partial charge in [0.1, 0.15) is 5.69 Å². The minimum atomic E-state index is -3.69. The third-order valence-electron chi connectivity index (χ3n) is 2.59. The molecule has 0 aliphatic heterocycles. The van der Waals surface area contributed by atoms with E-state index in [1.54, 1.807) is 19.1 Å². The SMILES string of the molecule is Cc1n[nH]c(=O)nc1NCc1ccc(S(N)(=O)=O)cc1. The Morgan fingerprint density at radius 3 is 2.55 bits per heavy atom. The summed E-state index contributed by atoms with van der Waals surface area (Å²) in [6, 6.07) is 6.09. The van der Waals surface area contributed by atoms with E-state index < -0.39 is 15.7 Å². The van der Waals surface area contributed by atoms with E-state index in [1.807, 2.05) is 0 Å². The topological polar surface area (TPSA) is 131 Å². The minimum Gasteiger partial charge on any atom is -0.364 e. The number of hydrogen-bond donors (Lipinski definition) is 3. The lowest BCUT2D eigenvalue weighted by molar-refractivity contribution is 0.598. The van der Waals surface area contributed by atoms with Gasteiger partial charge in [-0.3, -0.25) is 0 Å². The van der Waals surface area contributed by atoms with Crippen molar-refractivity contribution in [3.05, 3.63) is 46.0 Å². The number of aromatic nitrogens is 3.